The molecular formula is C14H8Cl2FN. The highest BCUT2D eigenvalue weighted by Gasteiger charge is 2.09. The van der Waals surface area contributed by atoms with E-state index in [2.05, 4.69) is 4.98 Å². The number of nitrogens with one attached hydrogen (secondary N) is 1. The standard InChI is InChI=1S/C14H8Cl2FN/c15-12-2-1-8(5-13(12)16)11-6-9(17)7-14-10(11)3-4-18-14/h1-7,18H. The second-order valence-corrected chi connectivity index (χ2v) is 4.84. The summed E-state index contributed by atoms with van der Waals surface area (Å²) in [7, 11) is 0. The van der Waals surface area contributed by atoms with E-state index in [-0.39, 0.29) is 5.82 Å². The van der Waals surface area contributed by atoms with Crippen molar-refractivity contribution in [2.45, 2.75) is 0 Å². The molecule has 0 bridgehead atoms. The monoisotopic (exact) mass is 279 g/mol. The Kier molecular flexibility index (Phi) is 2.77. The van der Waals surface area contributed by atoms with E-state index in [0.29, 0.717) is 10.0 Å². The Hall–Kier alpha value is -1.51. The summed E-state index contributed by atoms with van der Waals surface area (Å²) in [5, 5.41) is 1.90. The molecule has 0 spiro atoms. The van der Waals surface area contributed by atoms with Crippen LogP contribution in [0.5, 0.6) is 0 Å². The van der Waals surface area contributed by atoms with Crippen LogP contribution < -0.4 is 0 Å². The molecule has 1 aromatic heterocycles. The van der Waals surface area contributed by atoms with Gasteiger partial charge >= 0.3 is 0 Å². The molecule has 0 radical (unpaired) electrons. The summed E-state index contributed by atoms with van der Waals surface area (Å²) in [5.74, 6) is -0.286. The van der Waals surface area contributed by atoms with Gasteiger partial charge in [0, 0.05) is 17.1 Å². The normalized spacial score (nSPS) is 11.1. The van der Waals surface area contributed by atoms with Gasteiger partial charge in [-0.3, -0.25) is 0 Å². The maximum atomic E-state index is 13.6. The first-order chi connectivity index (χ1) is 8.65. The second-order valence-electron chi connectivity index (χ2n) is 4.02. The van der Waals surface area contributed by atoms with Crippen molar-refractivity contribution in [3.05, 3.63) is 58.5 Å². The van der Waals surface area contributed by atoms with E-state index in [9.17, 15) is 4.39 Å². The molecule has 4 heteroatoms. The van der Waals surface area contributed by atoms with Crippen molar-refractivity contribution >= 4 is 34.1 Å². The van der Waals surface area contributed by atoms with Crippen molar-refractivity contribution in [2.75, 3.05) is 0 Å². The van der Waals surface area contributed by atoms with E-state index in [4.69, 9.17) is 23.2 Å². The van der Waals surface area contributed by atoms with E-state index in [1.165, 1.54) is 12.1 Å². The lowest BCUT2D eigenvalue weighted by Gasteiger charge is -2.06. The molecule has 0 amide bonds. The summed E-state index contributed by atoms with van der Waals surface area (Å²) in [6, 6.07) is 10.2. The van der Waals surface area contributed by atoms with Gasteiger partial charge in [-0.2, -0.15) is 0 Å². The highest BCUT2D eigenvalue weighted by molar-refractivity contribution is 6.42. The summed E-state index contributed by atoms with van der Waals surface area (Å²) >= 11 is 11.9. The quantitative estimate of drug-likeness (QED) is 0.624. The lowest BCUT2D eigenvalue weighted by molar-refractivity contribution is 0.630. The van der Waals surface area contributed by atoms with Crippen LogP contribution in [0.2, 0.25) is 10.0 Å². The molecule has 1 nitrogen and oxygen atoms in total. The van der Waals surface area contributed by atoms with Gasteiger partial charge in [-0.15, -0.1) is 0 Å². The lowest BCUT2D eigenvalue weighted by atomic mass is 10.0. The minimum absolute atomic E-state index is 0.286. The molecule has 2 aromatic carbocycles. The number of hydrogen-bond acceptors (Lipinski definition) is 0. The molecule has 0 saturated heterocycles. The molecule has 0 fully saturated rings. The first-order valence-corrected chi connectivity index (χ1v) is 6.13. The van der Waals surface area contributed by atoms with Gasteiger partial charge in [-0.25, -0.2) is 4.39 Å². The van der Waals surface area contributed by atoms with Crippen molar-refractivity contribution in [3.8, 4) is 11.1 Å². The highest BCUT2D eigenvalue weighted by atomic mass is 35.5. The van der Waals surface area contributed by atoms with E-state index in [1.807, 2.05) is 12.1 Å². The van der Waals surface area contributed by atoms with E-state index in [1.54, 1.807) is 18.3 Å². The number of aromatic amines is 1. The van der Waals surface area contributed by atoms with Crippen molar-refractivity contribution in [1.82, 2.24) is 4.98 Å². The minimum atomic E-state index is -0.286. The molecule has 1 heterocycles. The van der Waals surface area contributed by atoms with Crippen LogP contribution in [0.4, 0.5) is 4.39 Å². The Bertz CT molecular complexity index is 734. The number of rotatable bonds is 1. The van der Waals surface area contributed by atoms with Crippen molar-refractivity contribution in [2.24, 2.45) is 0 Å². The minimum Gasteiger partial charge on any atom is -0.361 e. The van der Waals surface area contributed by atoms with E-state index in [0.717, 1.165) is 22.0 Å². The number of aromatic nitrogens is 1. The molecule has 0 saturated carbocycles. The van der Waals surface area contributed by atoms with Gasteiger partial charge < -0.3 is 4.98 Å². The van der Waals surface area contributed by atoms with Crippen LogP contribution in [0.25, 0.3) is 22.0 Å². The van der Waals surface area contributed by atoms with Gasteiger partial charge in [0.2, 0.25) is 0 Å². The Morgan fingerprint density at radius 1 is 0.944 bits per heavy atom. The Balaban J connectivity index is 2.30. The molecular weight excluding hydrogens is 272 g/mol. The Morgan fingerprint density at radius 2 is 1.78 bits per heavy atom. The summed E-state index contributed by atoms with van der Waals surface area (Å²) in [6.07, 6.45) is 1.78. The Morgan fingerprint density at radius 3 is 2.56 bits per heavy atom. The highest BCUT2D eigenvalue weighted by Crippen LogP contribution is 2.33. The lowest BCUT2D eigenvalue weighted by Crippen LogP contribution is -1.83. The van der Waals surface area contributed by atoms with Crippen LogP contribution >= 0.6 is 23.2 Å². The third kappa shape index (κ3) is 1.88. The molecule has 0 aliphatic rings. The third-order valence-corrected chi connectivity index (χ3v) is 3.60. The van der Waals surface area contributed by atoms with Crippen LogP contribution in [0, 0.1) is 5.82 Å². The van der Waals surface area contributed by atoms with Gasteiger partial charge in [-0.05, 0) is 41.5 Å². The maximum absolute atomic E-state index is 13.6. The second kappa shape index (κ2) is 4.30. The SMILES string of the molecule is Fc1cc(-c2ccc(Cl)c(Cl)c2)c2cc[nH]c2c1. The van der Waals surface area contributed by atoms with Crippen molar-refractivity contribution in [1.29, 1.82) is 0 Å². The van der Waals surface area contributed by atoms with Crippen LogP contribution in [-0.2, 0) is 0 Å². The first kappa shape index (κ1) is 11.6. The number of benzene rings is 2. The van der Waals surface area contributed by atoms with Crippen LogP contribution in [0.1, 0.15) is 0 Å². The molecule has 1 N–H and O–H groups in total. The predicted octanol–water partition coefficient (Wildman–Crippen LogP) is 5.28. The molecule has 18 heavy (non-hydrogen) atoms. The predicted molar refractivity (Wildman–Crippen MR) is 73.7 cm³/mol. The first-order valence-electron chi connectivity index (χ1n) is 5.37. The van der Waals surface area contributed by atoms with Gasteiger partial charge in [0.25, 0.3) is 0 Å². The smallest absolute Gasteiger partial charge is 0.125 e. The summed E-state index contributed by atoms with van der Waals surface area (Å²) in [5.41, 5.74) is 2.40. The fourth-order valence-electron chi connectivity index (χ4n) is 2.03. The molecule has 0 aliphatic carbocycles. The van der Waals surface area contributed by atoms with Gasteiger partial charge in [0.05, 0.1) is 10.0 Å². The molecule has 0 aliphatic heterocycles. The fraction of sp³-hybridized carbons (Fsp3) is 0. The van der Waals surface area contributed by atoms with Gasteiger partial charge in [0.15, 0.2) is 0 Å². The van der Waals surface area contributed by atoms with E-state index >= 15 is 0 Å². The van der Waals surface area contributed by atoms with Crippen molar-refractivity contribution < 1.29 is 4.39 Å². The fourth-order valence-corrected chi connectivity index (χ4v) is 2.33. The average Bonchev–Trinajstić information content (AvgIpc) is 2.79. The van der Waals surface area contributed by atoms with Crippen molar-refractivity contribution in [3.63, 3.8) is 0 Å². The molecule has 3 rings (SSSR count). The maximum Gasteiger partial charge on any atom is 0.125 e. The van der Waals surface area contributed by atoms with Crippen LogP contribution in [0.15, 0.2) is 42.6 Å². The van der Waals surface area contributed by atoms with Gasteiger partial charge in [-0.1, -0.05) is 29.3 Å². The summed E-state index contributed by atoms with van der Waals surface area (Å²) in [4.78, 5) is 3.00. The average molecular weight is 280 g/mol. The summed E-state index contributed by atoms with van der Waals surface area (Å²) < 4.78 is 13.6. The number of H-pyrrole nitrogens is 1. The van der Waals surface area contributed by atoms with E-state index < -0.39 is 0 Å². The number of fused-ring (bicyclic) bond motifs is 1. The zero-order valence-electron chi connectivity index (χ0n) is 9.18. The molecule has 3 aromatic rings. The van der Waals surface area contributed by atoms with Crippen LogP contribution in [-0.4, -0.2) is 4.98 Å². The third-order valence-electron chi connectivity index (χ3n) is 2.86. The molecule has 0 unspecified atom stereocenters. The zero-order valence-corrected chi connectivity index (χ0v) is 10.7. The Labute approximate surface area is 113 Å². The largest absolute Gasteiger partial charge is 0.361 e. The number of halogens is 3. The van der Waals surface area contributed by atoms with Gasteiger partial charge in [0.1, 0.15) is 5.82 Å². The number of hydrogen-bond donors (Lipinski definition) is 1. The topological polar surface area (TPSA) is 15.8 Å². The molecule has 0 atom stereocenters. The van der Waals surface area contributed by atoms with Crippen LogP contribution in [0.3, 0.4) is 0 Å². The molecule has 90 valence electrons. The summed E-state index contributed by atoms with van der Waals surface area (Å²) in [6.45, 7) is 0. The zero-order chi connectivity index (χ0) is 12.7.